The highest BCUT2D eigenvalue weighted by atomic mass is 19.4. The predicted molar refractivity (Wildman–Crippen MR) is 66.9 cm³/mol. The number of nitrogens with one attached hydrogen (secondary N) is 1. The summed E-state index contributed by atoms with van der Waals surface area (Å²) in [6, 6.07) is 6.23. The summed E-state index contributed by atoms with van der Waals surface area (Å²) in [6.07, 6.45) is -3.63. The highest BCUT2D eigenvalue weighted by Gasteiger charge is 2.33. The maximum Gasteiger partial charge on any atom is 0.433 e. The van der Waals surface area contributed by atoms with Crippen LogP contribution in [0.2, 0.25) is 0 Å². The second-order valence-electron chi connectivity index (χ2n) is 3.93. The van der Waals surface area contributed by atoms with E-state index in [4.69, 9.17) is 4.74 Å². The fraction of sp³-hybridized carbons (Fsp3) is 0.154. The number of carbonyl (C=O) groups excluding carboxylic acids is 1. The Bertz CT molecular complexity index is 659. The van der Waals surface area contributed by atoms with E-state index >= 15 is 0 Å². The molecule has 2 aromatic rings. The third-order valence-electron chi connectivity index (χ3n) is 2.46. The molecule has 0 saturated carbocycles. The Morgan fingerprint density at radius 3 is 2.71 bits per heavy atom. The average molecular weight is 297 g/mol. The van der Waals surface area contributed by atoms with Crippen LogP contribution in [0.15, 0.2) is 36.5 Å². The second kappa shape index (κ2) is 5.78. The smallest absolute Gasteiger partial charge is 0.424 e. The Labute approximate surface area is 117 Å². The minimum atomic E-state index is -4.58. The van der Waals surface area contributed by atoms with Gasteiger partial charge in [0.25, 0.3) is 5.91 Å². The number of carbonyl (C=O) groups is 1. The van der Waals surface area contributed by atoms with Gasteiger partial charge in [-0.3, -0.25) is 4.79 Å². The quantitative estimate of drug-likeness (QED) is 0.946. The first-order valence-corrected chi connectivity index (χ1v) is 5.80. The zero-order valence-corrected chi connectivity index (χ0v) is 10.8. The van der Waals surface area contributed by atoms with Gasteiger partial charge >= 0.3 is 12.2 Å². The van der Waals surface area contributed by atoms with Crippen molar-refractivity contribution in [1.29, 1.82) is 0 Å². The Morgan fingerprint density at radius 1 is 1.29 bits per heavy atom. The third kappa shape index (κ3) is 3.68. The van der Waals surface area contributed by atoms with Gasteiger partial charge < -0.3 is 10.1 Å². The van der Waals surface area contributed by atoms with E-state index in [1.807, 2.05) is 0 Å². The van der Waals surface area contributed by atoms with Gasteiger partial charge in [-0.05, 0) is 24.3 Å². The molecule has 0 radical (unpaired) electrons. The summed E-state index contributed by atoms with van der Waals surface area (Å²) in [5, 5.41) is 2.43. The Kier molecular flexibility index (Phi) is 4.06. The molecule has 5 nitrogen and oxygen atoms in total. The molecule has 1 aromatic heterocycles. The van der Waals surface area contributed by atoms with E-state index in [1.54, 1.807) is 6.07 Å². The van der Waals surface area contributed by atoms with Gasteiger partial charge in [-0.2, -0.15) is 18.2 Å². The summed E-state index contributed by atoms with van der Waals surface area (Å²) < 4.78 is 42.7. The molecule has 0 fully saturated rings. The number of aromatic nitrogens is 2. The molecule has 0 unspecified atom stereocenters. The molecule has 0 aliphatic heterocycles. The van der Waals surface area contributed by atoms with E-state index in [9.17, 15) is 18.0 Å². The molecule has 1 amide bonds. The molecule has 0 spiro atoms. The van der Waals surface area contributed by atoms with Gasteiger partial charge in [0.1, 0.15) is 5.75 Å². The van der Waals surface area contributed by atoms with Crippen molar-refractivity contribution in [3.05, 3.63) is 47.8 Å². The lowest BCUT2D eigenvalue weighted by Crippen LogP contribution is -2.17. The van der Waals surface area contributed by atoms with Crippen molar-refractivity contribution in [1.82, 2.24) is 15.3 Å². The first-order chi connectivity index (χ1) is 9.90. The van der Waals surface area contributed by atoms with Crippen LogP contribution in [0.3, 0.4) is 0 Å². The van der Waals surface area contributed by atoms with Gasteiger partial charge in [0.05, 0.1) is 0 Å². The number of alkyl halides is 3. The van der Waals surface area contributed by atoms with Crippen LogP contribution in [-0.4, -0.2) is 22.9 Å². The number of rotatable bonds is 3. The van der Waals surface area contributed by atoms with Gasteiger partial charge in [-0.15, -0.1) is 0 Å². The minimum Gasteiger partial charge on any atom is -0.424 e. The van der Waals surface area contributed by atoms with E-state index in [-0.39, 0.29) is 11.7 Å². The fourth-order valence-electron chi connectivity index (χ4n) is 1.50. The van der Waals surface area contributed by atoms with Gasteiger partial charge in [0, 0.05) is 18.8 Å². The summed E-state index contributed by atoms with van der Waals surface area (Å²) >= 11 is 0. The van der Waals surface area contributed by atoms with Crippen LogP contribution < -0.4 is 10.1 Å². The van der Waals surface area contributed by atoms with Crippen LogP contribution in [0.4, 0.5) is 13.2 Å². The summed E-state index contributed by atoms with van der Waals surface area (Å²) in [5.41, 5.74) is -0.795. The number of halogens is 3. The van der Waals surface area contributed by atoms with Crippen LogP contribution in [0.5, 0.6) is 11.8 Å². The minimum absolute atomic E-state index is 0.162. The van der Waals surface area contributed by atoms with E-state index in [0.29, 0.717) is 5.56 Å². The van der Waals surface area contributed by atoms with Crippen LogP contribution in [0, 0.1) is 0 Å². The van der Waals surface area contributed by atoms with Gasteiger partial charge in [0.2, 0.25) is 0 Å². The van der Waals surface area contributed by atoms with Crippen molar-refractivity contribution in [3.63, 3.8) is 0 Å². The fourth-order valence-corrected chi connectivity index (χ4v) is 1.50. The lowest BCUT2D eigenvalue weighted by atomic mass is 10.2. The first kappa shape index (κ1) is 14.8. The van der Waals surface area contributed by atoms with Crippen LogP contribution in [-0.2, 0) is 6.18 Å². The summed E-state index contributed by atoms with van der Waals surface area (Å²) in [4.78, 5) is 18.3. The van der Waals surface area contributed by atoms with E-state index in [2.05, 4.69) is 15.3 Å². The van der Waals surface area contributed by atoms with Crippen molar-refractivity contribution in [2.24, 2.45) is 0 Å². The first-order valence-electron chi connectivity index (χ1n) is 5.80. The highest BCUT2D eigenvalue weighted by molar-refractivity contribution is 5.94. The molecular formula is C13H10F3N3O2. The lowest BCUT2D eigenvalue weighted by Gasteiger charge is -2.08. The lowest BCUT2D eigenvalue weighted by molar-refractivity contribution is -0.141. The maximum absolute atomic E-state index is 12.5. The van der Waals surface area contributed by atoms with Gasteiger partial charge in [-0.25, -0.2) is 4.98 Å². The maximum atomic E-state index is 12.5. The summed E-state index contributed by atoms with van der Waals surface area (Å²) in [6.45, 7) is 0. The number of hydrogen-bond acceptors (Lipinski definition) is 4. The van der Waals surface area contributed by atoms with Gasteiger partial charge in [0.15, 0.2) is 5.69 Å². The Morgan fingerprint density at radius 2 is 2.05 bits per heavy atom. The van der Waals surface area contributed by atoms with Crippen molar-refractivity contribution < 1.29 is 22.7 Å². The molecule has 1 heterocycles. The van der Waals surface area contributed by atoms with Crippen LogP contribution in [0.1, 0.15) is 16.1 Å². The van der Waals surface area contributed by atoms with Crippen molar-refractivity contribution in [3.8, 4) is 11.8 Å². The highest BCUT2D eigenvalue weighted by Crippen LogP contribution is 2.28. The molecule has 1 aromatic carbocycles. The molecule has 0 aliphatic carbocycles. The largest absolute Gasteiger partial charge is 0.433 e. The van der Waals surface area contributed by atoms with Gasteiger partial charge in [-0.1, -0.05) is 6.07 Å². The summed E-state index contributed by atoms with van der Waals surface area (Å²) in [7, 11) is 1.46. The van der Waals surface area contributed by atoms with Crippen LogP contribution in [0.25, 0.3) is 0 Å². The molecular weight excluding hydrogens is 287 g/mol. The zero-order chi connectivity index (χ0) is 15.5. The van der Waals surface area contributed by atoms with Crippen molar-refractivity contribution in [2.45, 2.75) is 6.18 Å². The number of ether oxygens (including phenoxy) is 1. The number of amides is 1. The molecule has 2 rings (SSSR count). The Hall–Kier alpha value is -2.64. The third-order valence-corrected chi connectivity index (χ3v) is 2.46. The number of nitrogens with zero attached hydrogens (tertiary/aromatic N) is 2. The topological polar surface area (TPSA) is 64.1 Å². The Balaban J connectivity index is 2.24. The molecule has 0 bridgehead atoms. The summed E-state index contributed by atoms with van der Waals surface area (Å²) in [5.74, 6) is -0.180. The normalized spacial score (nSPS) is 11.0. The molecule has 21 heavy (non-hydrogen) atoms. The molecule has 1 N–H and O–H groups in total. The van der Waals surface area contributed by atoms with Crippen molar-refractivity contribution in [2.75, 3.05) is 7.05 Å². The number of benzene rings is 1. The average Bonchev–Trinajstić information content (AvgIpc) is 2.46. The van der Waals surface area contributed by atoms with E-state index < -0.39 is 17.9 Å². The molecule has 110 valence electrons. The predicted octanol–water partition coefficient (Wildman–Crippen LogP) is 2.65. The molecule has 0 atom stereocenters. The number of hydrogen-bond donors (Lipinski definition) is 1. The molecule has 0 aliphatic rings. The van der Waals surface area contributed by atoms with E-state index in [1.165, 1.54) is 25.2 Å². The SMILES string of the molecule is CNC(=O)c1cccc(Oc2nccc(C(F)(F)F)n2)c1. The van der Waals surface area contributed by atoms with Crippen molar-refractivity contribution >= 4 is 5.91 Å². The molecule has 8 heteroatoms. The standard InChI is InChI=1S/C13H10F3N3O2/c1-17-11(20)8-3-2-4-9(7-8)21-12-18-6-5-10(19-12)13(14,15)16/h2-7H,1H3,(H,17,20). The second-order valence-corrected chi connectivity index (χ2v) is 3.93. The monoisotopic (exact) mass is 297 g/mol. The van der Waals surface area contributed by atoms with E-state index in [0.717, 1.165) is 12.3 Å². The molecule has 0 saturated heterocycles. The zero-order valence-electron chi connectivity index (χ0n) is 10.8. The van der Waals surface area contributed by atoms with Crippen LogP contribution >= 0.6 is 0 Å².